The van der Waals surface area contributed by atoms with Crippen molar-refractivity contribution in [1.82, 2.24) is 4.90 Å². The molecule has 0 bridgehead atoms. The molecule has 2 unspecified atom stereocenters. The first-order chi connectivity index (χ1) is 9.99. The highest BCUT2D eigenvalue weighted by Gasteiger charge is 2.32. The molecule has 1 amide bonds. The van der Waals surface area contributed by atoms with E-state index < -0.39 is 0 Å². The smallest absolute Gasteiger partial charge is 0.254 e. The van der Waals surface area contributed by atoms with Gasteiger partial charge in [0.05, 0.1) is 29.8 Å². The maximum atomic E-state index is 12.7. The van der Waals surface area contributed by atoms with E-state index in [9.17, 15) is 9.90 Å². The third kappa shape index (κ3) is 3.28. The number of hydrogen-bond acceptors (Lipinski definition) is 3. The van der Waals surface area contributed by atoms with E-state index in [1.165, 1.54) is 7.11 Å². The first-order valence-electron chi connectivity index (χ1n) is 6.94. The van der Waals surface area contributed by atoms with Crippen molar-refractivity contribution in [3.63, 3.8) is 0 Å². The number of methoxy groups -OCH3 is 1. The summed E-state index contributed by atoms with van der Waals surface area (Å²) in [6.45, 7) is 2.65. The Hall–Kier alpha value is -0.970. The van der Waals surface area contributed by atoms with Gasteiger partial charge in [-0.05, 0) is 30.9 Å². The lowest BCUT2D eigenvalue weighted by molar-refractivity contribution is 0.0358. The fourth-order valence-corrected chi connectivity index (χ4v) is 3.47. The van der Waals surface area contributed by atoms with Crippen molar-refractivity contribution in [3.8, 4) is 5.75 Å². The Bertz CT molecular complexity index is 513. The number of hydrogen-bond donors (Lipinski definition) is 1. The van der Waals surface area contributed by atoms with Crippen LogP contribution in [0, 0.1) is 5.92 Å². The molecule has 0 spiro atoms. The lowest BCUT2D eigenvalue weighted by atomic mass is 9.90. The predicted molar refractivity (Wildman–Crippen MR) is 83.3 cm³/mol. The molecule has 0 saturated carbocycles. The van der Waals surface area contributed by atoms with Crippen LogP contribution in [0.2, 0.25) is 10.0 Å². The van der Waals surface area contributed by atoms with Gasteiger partial charge in [-0.25, -0.2) is 0 Å². The van der Waals surface area contributed by atoms with Crippen molar-refractivity contribution in [2.24, 2.45) is 5.92 Å². The third-order valence-corrected chi connectivity index (χ3v) is 4.57. The van der Waals surface area contributed by atoms with E-state index in [1.54, 1.807) is 17.0 Å². The summed E-state index contributed by atoms with van der Waals surface area (Å²) >= 11 is 12.2. The lowest BCUT2D eigenvalue weighted by Gasteiger charge is -2.39. The molecule has 116 valence electrons. The van der Waals surface area contributed by atoms with Crippen LogP contribution in [0.25, 0.3) is 0 Å². The zero-order chi connectivity index (χ0) is 15.6. The highest BCUT2D eigenvalue weighted by Crippen LogP contribution is 2.35. The van der Waals surface area contributed by atoms with Crippen LogP contribution in [0.4, 0.5) is 0 Å². The minimum Gasteiger partial charge on any atom is -0.494 e. The summed E-state index contributed by atoms with van der Waals surface area (Å²) in [5.41, 5.74) is 0.415. The minimum atomic E-state index is -0.161. The second-order valence-corrected chi connectivity index (χ2v) is 6.16. The Kier molecular flexibility index (Phi) is 5.36. The van der Waals surface area contributed by atoms with Gasteiger partial charge in [-0.15, -0.1) is 0 Å². The van der Waals surface area contributed by atoms with Gasteiger partial charge in [0.2, 0.25) is 0 Å². The van der Waals surface area contributed by atoms with Crippen LogP contribution >= 0.6 is 23.2 Å². The topological polar surface area (TPSA) is 49.8 Å². The van der Waals surface area contributed by atoms with Gasteiger partial charge < -0.3 is 14.7 Å². The van der Waals surface area contributed by atoms with Crippen molar-refractivity contribution >= 4 is 29.1 Å². The van der Waals surface area contributed by atoms with Gasteiger partial charge in [0, 0.05) is 12.1 Å². The van der Waals surface area contributed by atoms with Crippen molar-refractivity contribution in [2.45, 2.75) is 25.8 Å². The number of amides is 1. The second kappa shape index (κ2) is 6.86. The van der Waals surface area contributed by atoms with Gasteiger partial charge in [0.15, 0.2) is 5.75 Å². The maximum absolute atomic E-state index is 12.7. The SMILES string of the molecule is COc1c(Cl)cc(C(=O)N2CCCC(C)C2CO)cc1Cl. The summed E-state index contributed by atoms with van der Waals surface area (Å²) in [4.78, 5) is 14.4. The van der Waals surface area contributed by atoms with Crippen LogP contribution in [0.3, 0.4) is 0 Å². The number of ether oxygens (including phenoxy) is 1. The van der Waals surface area contributed by atoms with Crippen molar-refractivity contribution in [3.05, 3.63) is 27.7 Å². The Labute approximate surface area is 134 Å². The third-order valence-electron chi connectivity index (χ3n) is 4.01. The number of aliphatic hydroxyl groups excluding tert-OH is 1. The zero-order valence-corrected chi connectivity index (χ0v) is 13.6. The summed E-state index contributed by atoms with van der Waals surface area (Å²) in [5.74, 6) is 0.476. The fraction of sp³-hybridized carbons (Fsp3) is 0.533. The van der Waals surface area contributed by atoms with Crippen LogP contribution in [-0.2, 0) is 0 Å². The summed E-state index contributed by atoms with van der Waals surface area (Å²) < 4.78 is 5.09. The molecule has 0 aromatic heterocycles. The molecule has 1 saturated heterocycles. The Morgan fingerprint density at radius 2 is 2.05 bits per heavy atom. The minimum absolute atomic E-state index is 0.0372. The monoisotopic (exact) mass is 331 g/mol. The van der Waals surface area contributed by atoms with E-state index in [0.29, 0.717) is 27.9 Å². The van der Waals surface area contributed by atoms with Crippen LogP contribution in [0.15, 0.2) is 12.1 Å². The molecule has 0 aliphatic carbocycles. The normalized spacial score (nSPS) is 22.2. The number of likely N-dealkylation sites (tertiary alicyclic amines) is 1. The molecule has 4 nitrogen and oxygen atoms in total. The van der Waals surface area contributed by atoms with Gasteiger partial charge in [-0.3, -0.25) is 4.79 Å². The van der Waals surface area contributed by atoms with Gasteiger partial charge >= 0.3 is 0 Å². The standard InChI is InChI=1S/C15H19Cl2NO3/c1-9-4-3-5-18(13(9)8-19)15(20)10-6-11(16)14(21-2)12(17)7-10/h6-7,9,13,19H,3-5,8H2,1-2H3. The van der Waals surface area contributed by atoms with Gasteiger partial charge in [-0.2, -0.15) is 0 Å². The summed E-state index contributed by atoms with van der Waals surface area (Å²) in [6.07, 6.45) is 1.94. The van der Waals surface area contributed by atoms with Crippen LogP contribution in [0.1, 0.15) is 30.1 Å². The number of carbonyl (C=O) groups is 1. The van der Waals surface area contributed by atoms with Gasteiger partial charge in [0.1, 0.15) is 0 Å². The molecule has 2 atom stereocenters. The molecule has 2 rings (SSSR count). The Morgan fingerprint density at radius 1 is 1.43 bits per heavy atom. The molecule has 1 N–H and O–H groups in total. The molecule has 1 aliphatic rings. The number of halogens is 2. The first-order valence-corrected chi connectivity index (χ1v) is 7.70. The molecule has 1 aliphatic heterocycles. The number of piperidine rings is 1. The lowest BCUT2D eigenvalue weighted by Crippen LogP contribution is -2.49. The highest BCUT2D eigenvalue weighted by atomic mass is 35.5. The van der Waals surface area contributed by atoms with Crippen molar-refractivity contribution < 1.29 is 14.6 Å². The quantitative estimate of drug-likeness (QED) is 0.924. The number of nitrogens with zero attached hydrogens (tertiary/aromatic N) is 1. The second-order valence-electron chi connectivity index (χ2n) is 5.34. The number of carbonyl (C=O) groups excluding carboxylic acids is 1. The predicted octanol–water partition coefficient (Wildman–Crippen LogP) is 3.24. The highest BCUT2D eigenvalue weighted by molar-refractivity contribution is 6.37. The van der Waals surface area contributed by atoms with Crippen molar-refractivity contribution in [2.75, 3.05) is 20.3 Å². The fourth-order valence-electron chi connectivity index (χ4n) is 2.82. The number of rotatable bonds is 3. The van der Waals surface area contributed by atoms with E-state index in [1.807, 2.05) is 6.92 Å². The average molecular weight is 332 g/mol. The molecular formula is C15H19Cl2NO3. The number of aliphatic hydroxyl groups is 1. The summed E-state index contributed by atoms with van der Waals surface area (Å²) in [5, 5.41) is 10.2. The van der Waals surface area contributed by atoms with Crippen molar-refractivity contribution in [1.29, 1.82) is 0 Å². The largest absolute Gasteiger partial charge is 0.494 e. The summed E-state index contributed by atoms with van der Waals surface area (Å²) in [6, 6.07) is 2.95. The molecule has 0 radical (unpaired) electrons. The molecular weight excluding hydrogens is 313 g/mol. The summed E-state index contributed by atoms with van der Waals surface area (Å²) in [7, 11) is 1.47. The van der Waals surface area contributed by atoms with E-state index in [4.69, 9.17) is 27.9 Å². The number of benzene rings is 1. The molecule has 6 heteroatoms. The van der Waals surface area contributed by atoms with E-state index in [-0.39, 0.29) is 24.5 Å². The molecule has 1 aromatic rings. The molecule has 1 fully saturated rings. The Morgan fingerprint density at radius 3 is 2.57 bits per heavy atom. The van der Waals surface area contributed by atoms with Gasteiger partial charge in [0.25, 0.3) is 5.91 Å². The molecule has 21 heavy (non-hydrogen) atoms. The van der Waals surface area contributed by atoms with Crippen LogP contribution < -0.4 is 4.74 Å². The van der Waals surface area contributed by atoms with Crippen LogP contribution in [-0.4, -0.2) is 42.2 Å². The van der Waals surface area contributed by atoms with E-state index >= 15 is 0 Å². The molecule has 1 aromatic carbocycles. The maximum Gasteiger partial charge on any atom is 0.254 e. The van der Waals surface area contributed by atoms with Gasteiger partial charge in [-0.1, -0.05) is 30.1 Å². The van der Waals surface area contributed by atoms with Crippen LogP contribution in [0.5, 0.6) is 5.75 Å². The Balaban J connectivity index is 2.31. The first kappa shape index (κ1) is 16.4. The molecule has 1 heterocycles. The van der Waals surface area contributed by atoms with E-state index in [0.717, 1.165) is 12.8 Å². The average Bonchev–Trinajstić information content (AvgIpc) is 2.45. The zero-order valence-electron chi connectivity index (χ0n) is 12.1. The van der Waals surface area contributed by atoms with E-state index in [2.05, 4.69) is 0 Å².